The van der Waals surface area contributed by atoms with Crippen molar-refractivity contribution >= 4 is 5.78 Å². The third-order valence-electron chi connectivity index (χ3n) is 2.13. The molecule has 0 amide bonds. The Hall–Kier alpha value is -1.45. The smallest absolute Gasteiger partial charge is 0.169 e. The lowest BCUT2D eigenvalue weighted by molar-refractivity contribution is 0.0979. The van der Waals surface area contributed by atoms with Crippen molar-refractivity contribution in [3.63, 3.8) is 0 Å². The monoisotopic (exact) mass is 198 g/mol. The molecule has 0 unspecified atom stereocenters. The summed E-state index contributed by atoms with van der Waals surface area (Å²) in [5, 5.41) is 0. The number of ether oxygens (including phenoxy) is 1. The summed E-state index contributed by atoms with van der Waals surface area (Å²) in [4.78, 5) is 11.4. The van der Waals surface area contributed by atoms with Crippen molar-refractivity contribution in [2.75, 3.05) is 6.61 Å². The lowest BCUT2D eigenvalue weighted by Crippen LogP contribution is -2.03. The lowest BCUT2D eigenvalue weighted by atomic mass is 10.1. The van der Waals surface area contributed by atoms with E-state index in [-0.39, 0.29) is 24.3 Å². The van der Waals surface area contributed by atoms with Crippen molar-refractivity contribution in [3.8, 4) is 5.75 Å². The highest BCUT2D eigenvalue weighted by molar-refractivity contribution is 5.99. The number of benzene rings is 1. The molecule has 0 radical (unpaired) electrons. The van der Waals surface area contributed by atoms with Crippen LogP contribution in [0.1, 0.15) is 23.2 Å². The second kappa shape index (κ2) is 3.36. The molecule has 0 spiro atoms. The van der Waals surface area contributed by atoms with E-state index in [9.17, 15) is 13.6 Å². The van der Waals surface area contributed by atoms with E-state index in [4.69, 9.17) is 4.74 Å². The number of carbonyl (C=O) groups is 1. The molecule has 74 valence electrons. The van der Waals surface area contributed by atoms with Crippen LogP contribution in [0.2, 0.25) is 0 Å². The highest BCUT2D eigenvalue weighted by atomic mass is 19.1. The Kier molecular flexibility index (Phi) is 2.19. The highest BCUT2D eigenvalue weighted by Gasteiger charge is 2.23. The number of hydrogen-bond donors (Lipinski definition) is 0. The van der Waals surface area contributed by atoms with Crippen LogP contribution in [0.4, 0.5) is 8.78 Å². The summed E-state index contributed by atoms with van der Waals surface area (Å²) in [6.07, 6.45) is 0.694. The number of ketones is 1. The average Bonchev–Trinajstić information content (AvgIpc) is 2.35. The van der Waals surface area contributed by atoms with Gasteiger partial charge in [0.05, 0.1) is 12.2 Å². The summed E-state index contributed by atoms with van der Waals surface area (Å²) in [6.45, 7) is 0.249. The van der Waals surface area contributed by atoms with E-state index >= 15 is 0 Å². The van der Waals surface area contributed by atoms with Gasteiger partial charge in [0.25, 0.3) is 0 Å². The van der Waals surface area contributed by atoms with E-state index in [0.717, 1.165) is 12.1 Å². The molecule has 0 aromatic heterocycles. The fourth-order valence-corrected chi connectivity index (χ4v) is 1.47. The first-order valence-corrected chi connectivity index (χ1v) is 4.34. The Balaban J connectivity index is 2.62. The summed E-state index contributed by atoms with van der Waals surface area (Å²) in [5.41, 5.74) is -0.248. The van der Waals surface area contributed by atoms with Crippen LogP contribution >= 0.6 is 0 Å². The Labute approximate surface area is 79.5 Å². The molecule has 0 bridgehead atoms. The van der Waals surface area contributed by atoms with Gasteiger partial charge in [0.1, 0.15) is 5.82 Å². The first-order chi connectivity index (χ1) is 6.70. The minimum absolute atomic E-state index is 0.202. The fourth-order valence-electron chi connectivity index (χ4n) is 1.47. The van der Waals surface area contributed by atoms with Crippen molar-refractivity contribution in [1.82, 2.24) is 0 Å². The van der Waals surface area contributed by atoms with Crippen molar-refractivity contribution in [3.05, 3.63) is 29.3 Å². The Morgan fingerprint density at radius 1 is 1.21 bits per heavy atom. The molecule has 4 heteroatoms. The summed E-state index contributed by atoms with van der Waals surface area (Å²) >= 11 is 0. The van der Waals surface area contributed by atoms with Gasteiger partial charge in [-0.05, 0) is 18.6 Å². The summed E-state index contributed by atoms with van der Waals surface area (Å²) in [7, 11) is 0. The minimum atomic E-state index is -0.715. The van der Waals surface area contributed by atoms with E-state index in [2.05, 4.69) is 0 Å². The van der Waals surface area contributed by atoms with Gasteiger partial charge in [0.2, 0.25) is 0 Å². The molecule has 1 aromatic carbocycles. The SMILES string of the molecule is O=C1CCCOc2c(F)ccc(F)c21. The second-order valence-corrected chi connectivity index (χ2v) is 3.11. The molecule has 1 aliphatic rings. The Bertz CT molecular complexity index is 388. The van der Waals surface area contributed by atoms with Crippen LogP contribution in [0.5, 0.6) is 5.75 Å². The van der Waals surface area contributed by atoms with Crippen molar-refractivity contribution in [2.45, 2.75) is 12.8 Å². The largest absolute Gasteiger partial charge is 0.490 e. The highest BCUT2D eigenvalue weighted by Crippen LogP contribution is 2.29. The van der Waals surface area contributed by atoms with Crippen LogP contribution in [-0.2, 0) is 0 Å². The van der Waals surface area contributed by atoms with Gasteiger partial charge in [-0.2, -0.15) is 0 Å². The molecule has 14 heavy (non-hydrogen) atoms. The van der Waals surface area contributed by atoms with Crippen LogP contribution in [0, 0.1) is 11.6 Å². The van der Waals surface area contributed by atoms with Gasteiger partial charge in [-0.3, -0.25) is 4.79 Å². The quantitative estimate of drug-likeness (QED) is 0.639. The number of hydrogen-bond acceptors (Lipinski definition) is 2. The molecule has 0 N–H and O–H groups in total. The van der Waals surface area contributed by atoms with Gasteiger partial charge in [0.15, 0.2) is 17.3 Å². The molecular formula is C10H8F2O2. The Morgan fingerprint density at radius 3 is 2.71 bits per heavy atom. The predicted molar refractivity (Wildman–Crippen MR) is 45.4 cm³/mol. The first-order valence-electron chi connectivity index (χ1n) is 4.34. The number of halogens is 2. The fraction of sp³-hybridized carbons (Fsp3) is 0.300. The average molecular weight is 198 g/mol. The van der Waals surface area contributed by atoms with Gasteiger partial charge < -0.3 is 4.74 Å². The van der Waals surface area contributed by atoms with Gasteiger partial charge >= 0.3 is 0 Å². The molecule has 1 aliphatic heterocycles. The zero-order chi connectivity index (χ0) is 10.1. The van der Waals surface area contributed by atoms with Gasteiger partial charge in [-0.25, -0.2) is 8.78 Å². The maximum absolute atomic E-state index is 13.2. The van der Waals surface area contributed by atoms with Crippen molar-refractivity contribution < 1.29 is 18.3 Å². The van der Waals surface area contributed by atoms with E-state index in [0.29, 0.717) is 6.42 Å². The third-order valence-corrected chi connectivity index (χ3v) is 2.13. The van der Waals surface area contributed by atoms with Crippen LogP contribution in [0.15, 0.2) is 12.1 Å². The maximum Gasteiger partial charge on any atom is 0.169 e. The molecule has 1 heterocycles. The van der Waals surface area contributed by atoms with Crippen LogP contribution in [0.25, 0.3) is 0 Å². The van der Waals surface area contributed by atoms with Gasteiger partial charge in [-0.1, -0.05) is 0 Å². The number of rotatable bonds is 0. The number of carbonyl (C=O) groups excluding carboxylic acids is 1. The number of fused-ring (bicyclic) bond motifs is 1. The molecule has 2 nitrogen and oxygen atoms in total. The van der Waals surface area contributed by atoms with Gasteiger partial charge in [0, 0.05) is 6.42 Å². The molecule has 0 fully saturated rings. The van der Waals surface area contributed by atoms with Gasteiger partial charge in [-0.15, -0.1) is 0 Å². The van der Waals surface area contributed by atoms with Crippen LogP contribution < -0.4 is 4.74 Å². The zero-order valence-electron chi connectivity index (χ0n) is 7.35. The maximum atomic E-state index is 13.2. The van der Waals surface area contributed by atoms with E-state index < -0.39 is 17.4 Å². The lowest BCUT2D eigenvalue weighted by Gasteiger charge is -2.07. The summed E-state index contributed by atoms with van der Waals surface area (Å²) in [5.74, 6) is -2.04. The standard InChI is InChI=1S/C10H8F2O2/c11-6-3-4-7(12)10-9(6)8(13)2-1-5-14-10/h3-4H,1-2,5H2. The topological polar surface area (TPSA) is 26.3 Å². The first kappa shape index (κ1) is 9.12. The predicted octanol–water partition coefficient (Wildman–Crippen LogP) is 2.32. The molecular weight excluding hydrogens is 190 g/mol. The number of Topliss-reactive ketones (excluding diaryl/α,β-unsaturated/α-hetero) is 1. The third kappa shape index (κ3) is 1.36. The van der Waals surface area contributed by atoms with E-state index in [1.54, 1.807) is 0 Å². The molecule has 0 saturated carbocycles. The van der Waals surface area contributed by atoms with Crippen molar-refractivity contribution in [1.29, 1.82) is 0 Å². The summed E-state index contributed by atoms with van der Waals surface area (Å²) < 4.78 is 31.4. The second-order valence-electron chi connectivity index (χ2n) is 3.11. The van der Waals surface area contributed by atoms with Crippen LogP contribution in [-0.4, -0.2) is 12.4 Å². The zero-order valence-corrected chi connectivity index (χ0v) is 7.35. The summed E-state index contributed by atoms with van der Waals surface area (Å²) in [6, 6.07) is 1.91. The van der Waals surface area contributed by atoms with E-state index in [1.165, 1.54) is 0 Å². The molecule has 2 rings (SSSR count). The molecule has 0 saturated heterocycles. The molecule has 0 atom stereocenters. The minimum Gasteiger partial charge on any atom is -0.490 e. The molecule has 0 aliphatic carbocycles. The van der Waals surface area contributed by atoms with Crippen molar-refractivity contribution in [2.24, 2.45) is 0 Å². The molecule has 1 aromatic rings. The Morgan fingerprint density at radius 2 is 1.93 bits per heavy atom. The normalized spacial score (nSPS) is 15.7. The van der Waals surface area contributed by atoms with Crippen LogP contribution in [0.3, 0.4) is 0 Å². The van der Waals surface area contributed by atoms with E-state index in [1.807, 2.05) is 0 Å².